The van der Waals surface area contributed by atoms with Gasteiger partial charge in [-0.2, -0.15) is 13.2 Å². The number of alkyl halides is 3. The fraction of sp³-hybridized carbons (Fsp3) is 1.00. The van der Waals surface area contributed by atoms with Crippen LogP contribution in [0.15, 0.2) is 0 Å². The zero-order valence-electron chi connectivity index (χ0n) is 13.8. The molecule has 0 bridgehead atoms. The first kappa shape index (κ1) is 19.7. The van der Waals surface area contributed by atoms with E-state index in [-0.39, 0.29) is 11.5 Å². The average Bonchev–Trinajstić information content (AvgIpc) is 2.24. The van der Waals surface area contributed by atoms with Gasteiger partial charge in [-0.3, -0.25) is 4.90 Å². The van der Waals surface area contributed by atoms with Gasteiger partial charge in [-0.15, -0.1) is 0 Å². The monoisotopic (exact) mass is 296 g/mol. The van der Waals surface area contributed by atoms with Gasteiger partial charge in [-0.05, 0) is 25.7 Å². The minimum atomic E-state index is -4.14. The van der Waals surface area contributed by atoms with Crippen LogP contribution in [0.1, 0.15) is 54.4 Å². The van der Waals surface area contributed by atoms with Gasteiger partial charge in [0.1, 0.15) is 0 Å². The summed E-state index contributed by atoms with van der Waals surface area (Å²) in [6.07, 6.45) is -2.23. The first-order chi connectivity index (χ1) is 8.99. The summed E-state index contributed by atoms with van der Waals surface area (Å²) in [6.45, 7) is 12.3. The normalized spacial score (nSPS) is 16.2. The molecule has 1 unspecified atom stereocenters. The lowest BCUT2D eigenvalue weighted by Crippen LogP contribution is -2.48. The van der Waals surface area contributed by atoms with Gasteiger partial charge in [0.2, 0.25) is 0 Å². The van der Waals surface area contributed by atoms with Crippen molar-refractivity contribution in [2.75, 3.05) is 19.6 Å². The zero-order valence-corrected chi connectivity index (χ0v) is 13.8. The van der Waals surface area contributed by atoms with Crippen molar-refractivity contribution in [3.63, 3.8) is 0 Å². The van der Waals surface area contributed by atoms with Crippen molar-refractivity contribution in [1.29, 1.82) is 0 Å². The summed E-state index contributed by atoms with van der Waals surface area (Å²) in [5.74, 6) is 0. The van der Waals surface area contributed by atoms with Gasteiger partial charge in [0.15, 0.2) is 0 Å². The third-order valence-electron chi connectivity index (χ3n) is 3.49. The zero-order chi connectivity index (χ0) is 16.0. The Balaban J connectivity index is 4.80. The first-order valence-electron chi connectivity index (χ1n) is 7.53. The van der Waals surface area contributed by atoms with Crippen LogP contribution in [0.5, 0.6) is 0 Å². The van der Waals surface area contributed by atoms with E-state index in [9.17, 15) is 13.2 Å². The summed E-state index contributed by atoms with van der Waals surface area (Å²) in [7, 11) is 0. The summed E-state index contributed by atoms with van der Waals surface area (Å²) >= 11 is 0. The van der Waals surface area contributed by atoms with E-state index in [0.717, 1.165) is 19.4 Å². The van der Waals surface area contributed by atoms with Gasteiger partial charge in [0, 0.05) is 25.2 Å². The van der Waals surface area contributed by atoms with Crippen LogP contribution in [0.2, 0.25) is 0 Å². The van der Waals surface area contributed by atoms with E-state index in [2.05, 4.69) is 33.0 Å². The van der Waals surface area contributed by atoms with Crippen molar-refractivity contribution in [3.8, 4) is 0 Å². The highest BCUT2D eigenvalue weighted by atomic mass is 19.4. The molecule has 0 amide bonds. The summed E-state index contributed by atoms with van der Waals surface area (Å²) < 4.78 is 38.1. The van der Waals surface area contributed by atoms with Crippen molar-refractivity contribution in [2.24, 2.45) is 5.41 Å². The molecule has 0 spiro atoms. The predicted octanol–water partition coefficient (Wildman–Crippen LogP) is 4.06. The molecule has 122 valence electrons. The summed E-state index contributed by atoms with van der Waals surface area (Å²) in [5.41, 5.74) is -0.130. The van der Waals surface area contributed by atoms with E-state index < -0.39 is 12.7 Å². The molecular formula is C15H31F3N2. The Morgan fingerprint density at radius 1 is 1.05 bits per heavy atom. The molecule has 0 aromatic rings. The van der Waals surface area contributed by atoms with Crippen LogP contribution in [0.25, 0.3) is 0 Å². The highest BCUT2D eigenvalue weighted by Crippen LogP contribution is 2.27. The second-order valence-electron chi connectivity index (χ2n) is 6.71. The molecular weight excluding hydrogens is 265 g/mol. The lowest BCUT2D eigenvalue weighted by Gasteiger charge is -2.38. The summed E-state index contributed by atoms with van der Waals surface area (Å²) in [4.78, 5) is 1.54. The minimum absolute atomic E-state index is 0.105. The van der Waals surface area contributed by atoms with Crippen molar-refractivity contribution in [2.45, 2.75) is 72.6 Å². The SMILES string of the molecule is CCCC(C)(CNC(C)C)CN(CC(F)(F)F)C(C)C. The Bertz CT molecular complexity index is 264. The Hall–Kier alpha value is -0.290. The largest absolute Gasteiger partial charge is 0.401 e. The van der Waals surface area contributed by atoms with Crippen molar-refractivity contribution in [3.05, 3.63) is 0 Å². The number of hydrogen-bond donors (Lipinski definition) is 1. The maximum absolute atomic E-state index is 12.7. The highest BCUT2D eigenvalue weighted by Gasteiger charge is 2.35. The van der Waals surface area contributed by atoms with Crippen LogP contribution in [-0.4, -0.2) is 42.8 Å². The van der Waals surface area contributed by atoms with Crippen LogP contribution in [0.4, 0.5) is 13.2 Å². The van der Waals surface area contributed by atoms with Crippen molar-refractivity contribution >= 4 is 0 Å². The third kappa shape index (κ3) is 8.80. The molecule has 0 heterocycles. The molecule has 0 aliphatic rings. The standard InChI is InChI=1S/C15H31F3N2/c1-7-8-14(6,9-19-12(2)3)10-20(13(4)5)11-15(16,17)18/h12-13,19H,7-11H2,1-6H3. The van der Waals surface area contributed by atoms with Gasteiger partial charge in [-0.1, -0.05) is 34.1 Å². The van der Waals surface area contributed by atoms with E-state index in [1.807, 2.05) is 13.8 Å². The molecule has 20 heavy (non-hydrogen) atoms. The van der Waals surface area contributed by atoms with E-state index in [1.165, 1.54) is 4.90 Å². The maximum Gasteiger partial charge on any atom is 0.401 e. The molecule has 5 heteroatoms. The number of hydrogen-bond acceptors (Lipinski definition) is 2. The Kier molecular flexibility index (Phi) is 8.11. The number of rotatable bonds is 9. The Morgan fingerprint density at radius 3 is 1.95 bits per heavy atom. The van der Waals surface area contributed by atoms with E-state index in [0.29, 0.717) is 12.6 Å². The number of halogens is 3. The van der Waals surface area contributed by atoms with Crippen molar-refractivity contribution < 1.29 is 13.2 Å². The van der Waals surface area contributed by atoms with Gasteiger partial charge < -0.3 is 5.32 Å². The molecule has 0 radical (unpaired) electrons. The van der Waals surface area contributed by atoms with E-state index >= 15 is 0 Å². The fourth-order valence-corrected chi connectivity index (χ4v) is 2.42. The number of nitrogens with one attached hydrogen (secondary N) is 1. The average molecular weight is 296 g/mol. The molecule has 2 nitrogen and oxygen atoms in total. The predicted molar refractivity (Wildman–Crippen MR) is 78.9 cm³/mol. The minimum Gasteiger partial charge on any atom is -0.314 e. The summed E-state index contributed by atoms with van der Waals surface area (Å²) in [6, 6.07) is 0.244. The molecule has 0 aromatic heterocycles. The molecule has 1 N–H and O–H groups in total. The van der Waals surface area contributed by atoms with Gasteiger partial charge >= 0.3 is 6.18 Å². The topological polar surface area (TPSA) is 15.3 Å². The Labute approximate surface area is 122 Å². The molecule has 0 rings (SSSR count). The van der Waals surface area contributed by atoms with E-state index in [1.54, 1.807) is 0 Å². The molecule has 1 atom stereocenters. The van der Waals surface area contributed by atoms with Gasteiger partial charge in [0.25, 0.3) is 0 Å². The summed E-state index contributed by atoms with van der Waals surface area (Å²) in [5, 5.41) is 3.37. The smallest absolute Gasteiger partial charge is 0.314 e. The van der Waals surface area contributed by atoms with Crippen LogP contribution >= 0.6 is 0 Å². The van der Waals surface area contributed by atoms with Gasteiger partial charge in [0.05, 0.1) is 6.54 Å². The fourth-order valence-electron chi connectivity index (χ4n) is 2.42. The quantitative estimate of drug-likeness (QED) is 0.690. The third-order valence-corrected chi connectivity index (χ3v) is 3.49. The van der Waals surface area contributed by atoms with Crippen LogP contribution in [0.3, 0.4) is 0 Å². The highest BCUT2D eigenvalue weighted by molar-refractivity contribution is 4.83. The van der Waals surface area contributed by atoms with E-state index in [4.69, 9.17) is 0 Å². The van der Waals surface area contributed by atoms with Crippen LogP contribution in [-0.2, 0) is 0 Å². The van der Waals surface area contributed by atoms with Crippen molar-refractivity contribution in [1.82, 2.24) is 10.2 Å². The first-order valence-corrected chi connectivity index (χ1v) is 7.53. The molecule has 0 aliphatic carbocycles. The lowest BCUT2D eigenvalue weighted by molar-refractivity contribution is -0.153. The second-order valence-corrected chi connectivity index (χ2v) is 6.71. The van der Waals surface area contributed by atoms with Crippen LogP contribution < -0.4 is 5.32 Å². The Morgan fingerprint density at radius 2 is 1.60 bits per heavy atom. The molecule has 0 aliphatic heterocycles. The second kappa shape index (κ2) is 8.23. The molecule has 0 aromatic carbocycles. The number of nitrogens with zero attached hydrogens (tertiary/aromatic N) is 1. The molecule has 0 saturated carbocycles. The van der Waals surface area contributed by atoms with Gasteiger partial charge in [-0.25, -0.2) is 0 Å². The van der Waals surface area contributed by atoms with Crippen LogP contribution in [0, 0.1) is 5.41 Å². The maximum atomic E-state index is 12.7. The molecule has 0 fully saturated rings. The lowest BCUT2D eigenvalue weighted by atomic mass is 9.84. The molecule has 0 saturated heterocycles.